The van der Waals surface area contributed by atoms with E-state index in [2.05, 4.69) is 26.1 Å². The van der Waals surface area contributed by atoms with Crippen LogP contribution in [0.25, 0.3) is 0 Å². The molecule has 0 unspecified atom stereocenters. The van der Waals surface area contributed by atoms with E-state index in [0.717, 1.165) is 6.42 Å². The lowest BCUT2D eigenvalue weighted by Crippen LogP contribution is -2.20. The molecule has 0 aliphatic carbocycles. The number of hydrogen-bond donors (Lipinski definition) is 1. The summed E-state index contributed by atoms with van der Waals surface area (Å²) >= 11 is 0. The topological polar surface area (TPSA) is 47.6 Å². The van der Waals surface area contributed by atoms with E-state index >= 15 is 0 Å². The standard InChI is InChI=1S/C20H25NO3/c1-4-16-9-11-17(12-10-16)23-14-20(22)21-18-7-5-6-8-19(18)24-13-15(2)3/h5-12,15H,4,13-14H2,1-3H3,(H,21,22). The van der Waals surface area contributed by atoms with Crippen LogP contribution < -0.4 is 14.8 Å². The number of anilines is 1. The van der Waals surface area contributed by atoms with Gasteiger partial charge in [-0.1, -0.05) is 45.0 Å². The van der Waals surface area contributed by atoms with Crippen LogP contribution in [0.2, 0.25) is 0 Å². The molecule has 2 aromatic carbocycles. The van der Waals surface area contributed by atoms with Gasteiger partial charge in [0.1, 0.15) is 11.5 Å². The Morgan fingerprint density at radius 2 is 1.75 bits per heavy atom. The summed E-state index contributed by atoms with van der Waals surface area (Å²) in [4.78, 5) is 12.1. The van der Waals surface area contributed by atoms with E-state index in [1.165, 1.54) is 5.56 Å². The first-order valence-corrected chi connectivity index (χ1v) is 8.32. The number of hydrogen-bond acceptors (Lipinski definition) is 3. The highest BCUT2D eigenvalue weighted by atomic mass is 16.5. The molecule has 2 aromatic rings. The van der Waals surface area contributed by atoms with Crippen LogP contribution in [0.5, 0.6) is 11.5 Å². The molecule has 2 rings (SSSR count). The van der Waals surface area contributed by atoms with Gasteiger partial charge in [-0.25, -0.2) is 0 Å². The van der Waals surface area contributed by atoms with Gasteiger partial charge in [0.2, 0.25) is 0 Å². The third-order valence-corrected chi connectivity index (χ3v) is 3.43. The molecule has 0 atom stereocenters. The lowest BCUT2D eigenvalue weighted by Gasteiger charge is -2.14. The number of nitrogens with one attached hydrogen (secondary N) is 1. The summed E-state index contributed by atoms with van der Waals surface area (Å²) in [5, 5.41) is 2.84. The normalized spacial score (nSPS) is 10.5. The zero-order valence-corrected chi connectivity index (χ0v) is 14.5. The third kappa shape index (κ3) is 5.61. The maximum atomic E-state index is 12.1. The summed E-state index contributed by atoms with van der Waals surface area (Å²) in [6.07, 6.45) is 0.980. The van der Waals surface area contributed by atoms with Gasteiger partial charge in [0.05, 0.1) is 12.3 Å². The molecule has 4 heteroatoms. The van der Waals surface area contributed by atoms with Crippen LogP contribution in [-0.4, -0.2) is 19.1 Å². The van der Waals surface area contributed by atoms with E-state index in [0.29, 0.717) is 29.7 Å². The second-order valence-electron chi connectivity index (χ2n) is 6.04. The molecule has 0 bridgehead atoms. The zero-order valence-electron chi connectivity index (χ0n) is 14.5. The van der Waals surface area contributed by atoms with Gasteiger partial charge in [-0.3, -0.25) is 4.79 Å². The molecule has 0 radical (unpaired) electrons. The summed E-state index contributed by atoms with van der Waals surface area (Å²) < 4.78 is 11.3. The molecule has 0 saturated heterocycles. The van der Waals surface area contributed by atoms with Gasteiger partial charge in [-0.15, -0.1) is 0 Å². The third-order valence-electron chi connectivity index (χ3n) is 3.43. The molecule has 0 aromatic heterocycles. The number of carbonyl (C=O) groups excluding carboxylic acids is 1. The number of amides is 1. The summed E-state index contributed by atoms with van der Waals surface area (Å²) in [6.45, 7) is 6.83. The molecule has 0 aliphatic rings. The van der Waals surface area contributed by atoms with Crippen molar-refractivity contribution in [3.8, 4) is 11.5 Å². The van der Waals surface area contributed by atoms with E-state index in [9.17, 15) is 4.79 Å². The Morgan fingerprint density at radius 3 is 2.42 bits per heavy atom. The van der Waals surface area contributed by atoms with Crippen LogP contribution in [0.3, 0.4) is 0 Å². The number of para-hydroxylation sites is 2. The first kappa shape index (κ1) is 17.9. The van der Waals surface area contributed by atoms with Crippen molar-refractivity contribution in [3.05, 3.63) is 54.1 Å². The molecule has 0 aliphatic heterocycles. The Kier molecular flexibility index (Phi) is 6.67. The van der Waals surface area contributed by atoms with Gasteiger partial charge in [0.25, 0.3) is 5.91 Å². The average molecular weight is 327 g/mol. The van der Waals surface area contributed by atoms with Crippen molar-refractivity contribution in [3.63, 3.8) is 0 Å². The zero-order chi connectivity index (χ0) is 17.4. The second-order valence-corrected chi connectivity index (χ2v) is 6.04. The number of rotatable bonds is 8. The van der Waals surface area contributed by atoms with Crippen LogP contribution in [0.15, 0.2) is 48.5 Å². The Balaban J connectivity index is 1.89. The predicted molar refractivity (Wildman–Crippen MR) is 96.7 cm³/mol. The minimum Gasteiger partial charge on any atom is -0.491 e. The summed E-state index contributed by atoms with van der Waals surface area (Å²) in [5.41, 5.74) is 1.90. The second kappa shape index (κ2) is 8.96. The SMILES string of the molecule is CCc1ccc(OCC(=O)Nc2ccccc2OCC(C)C)cc1. The lowest BCUT2D eigenvalue weighted by atomic mass is 10.2. The Bertz CT molecular complexity index is 650. The van der Waals surface area contributed by atoms with Crippen molar-refractivity contribution in [1.82, 2.24) is 0 Å². The molecule has 1 amide bonds. The highest BCUT2D eigenvalue weighted by Gasteiger charge is 2.09. The van der Waals surface area contributed by atoms with Gasteiger partial charge in [-0.2, -0.15) is 0 Å². The van der Waals surface area contributed by atoms with E-state index in [1.807, 2.05) is 48.5 Å². The molecule has 1 N–H and O–H groups in total. The fourth-order valence-electron chi connectivity index (χ4n) is 2.11. The van der Waals surface area contributed by atoms with Crippen molar-refractivity contribution in [1.29, 1.82) is 0 Å². The highest BCUT2D eigenvalue weighted by molar-refractivity contribution is 5.93. The lowest BCUT2D eigenvalue weighted by molar-refractivity contribution is -0.118. The molecule has 128 valence electrons. The van der Waals surface area contributed by atoms with Gasteiger partial charge in [0, 0.05) is 0 Å². The fraction of sp³-hybridized carbons (Fsp3) is 0.350. The van der Waals surface area contributed by atoms with E-state index < -0.39 is 0 Å². The van der Waals surface area contributed by atoms with Crippen LogP contribution in [0.1, 0.15) is 26.3 Å². The minimum absolute atomic E-state index is 0.0377. The summed E-state index contributed by atoms with van der Waals surface area (Å²) in [5.74, 6) is 1.57. The molecule has 0 fully saturated rings. The highest BCUT2D eigenvalue weighted by Crippen LogP contribution is 2.24. The van der Waals surface area contributed by atoms with Crippen molar-refractivity contribution in [2.24, 2.45) is 5.92 Å². The molecule has 0 saturated carbocycles. The van der Waals surface area contributed by atoms with E-state index in [1.54, 1.807) is 0 Å². The first-order chi connectivity index (χ1) is 11.6. The van der Waals surface area contributed by atoms with E-state index in [4.69, 9.17) is 9.47 Å². The molecular formula is C20H25NO3. The van der Waals surface area contributed by atoms with Gasteiger partial charge >= 0.3 is 0 Å². The van der Waals surface area contributed by atoms with Crippen LogP contribution in [0.4, 0.5) is 5.69 Å². The fourth-order valence-corrected chi connectivity index (χ4v) is 2.11. The maximum Gasteiger partial charge on any atom is 0.262 e. The van der Waals surface area contributed by atoms with Gasteiger partial charge in [0.15, 0.2) is 6.61 Å². The minimum atomic E-state index is -0.213. The Morgan fingerprint density at radius 1 is 1.04 bits per heavy atom. The van der Waals surface area contributed by atoms with Crippen molar-refractivity contribution >= 4 is 11.6 Å². The van der Waals surface area contributed by atoms with Crippen LogP contribution in [0, 0.1) is 5.92 Å². The number of carbonyl (C=O) groups is 1. The number of ether oxygens (including phenoxy) is 2. The smallest absolute Gasteiger partial charge is 0.262 e. The summed E-state index contributed by atoms with van der Waals surface area (Å²) in [7, 11) is 0. The Labute approximate surface area is 143 Å². The molecule has 0 heterocycles. The monoisotopic (exact) mass is 327 g/mol. The van der Waals surface area contributed by atoms with Gasteiger partial charge < -0.3 is 14.8 Å². The van der Waals surface area contributed by atoms with Gasteiger partial charge in [-0.05, 0) is 42.2 Å². The van der Waals surface area contributed by atoms with Crippen molar-refractivity contribution in [2.75, 3.05) is 18.5 Å². The largest absolute Gasteiger partial charge is 0.491 e. The average Bonchev–Trinajstić information content (AvgIpc) is 2.59. The molecular weight excluding hydrogens is 302 g/mol. The van der Waals surface area contributed by atoms with Crippen LogP contribution >= 0.6 is 0 Å². The Hall–Kier alpha value is -2.49. The quantitative estimate of drug-likeness (QED) is 0.786. The predicted octanol–water partition coefficient (Wildman–Crippen LogP) is 4.30. The van der Waals surface area contributed by atoms with Crippen molar-refractivity contribution in [2.45, 2.75) is 27.2 Å². The van der Waals surface area contributed by atoms with Crippen molar-refractivity contribution < 1.29 is 14.3 Å². The van der Waals surface area contributed by atoms with E-state index in [-0.39, 0.29) is 12.5 Å². The molecule has 4 nitrogen and oxygen atoms in total. The first-order valence-electron chi connectivity index (χ1n) is 8.32. The molecule has 0 spiro atoms. The molecule has 24 heavy (non-hydrogen) atoms. The summed E-state index contributed by atoms with van der Waals surface area (Å²) in [6, 6.07) is 15.2. The maximum absolute atomic E-state index is 12.1. The van der Waals surface area contributed by atoms with Crippen LogP contribution in [-0.2, 0) is 11.2 Å². The number of aryl methyl sites for hydroxylation is 1. The number of benzene rings is 2.